The maximum atomic E-state index is 13.4. The molecule has 35 heavy (non-hydrogen) atoms. The molecule has 8 heteroatoms. The summed E-state index contributed by atoms with van der Waals surface area (Å²) in [6, 6.07) is 13.3. The molecule has 2 aliphatic rings. The van der Waals surface area contributed by atoms with Gasteiger partial charge in [-0.15, -0.1) is 0 Å². The molecule has 4 rings (SSSR count). The number of fused-ring (bicyclic) bond motifs is 1. The predicted molar refractivity (Wildman–Crippen MR) is 134 cm³/mol. The fourth-order valence-corrected chi connectivity index (χ4v) is 4.74. The number of piperidine rings is 1. The lowest BCUT2D eigenvalue weighted by Crippen LogP contribution is -2.52. The number of para-hydroxylation sites is 2. The van der Waals surface area contributed by atoms with Crippen LogP contribution in [0.3, 0.4) is 0 Å². The molecule has 0 unspecified atom stereocenters. The van der Waals surface area contributed by atoms with Gasteiger partial charge in [-0.3, -0.25) is 9.69 Å². The van der Waals surface area contributed by atoms with Crippen molar-refractivity contribution in [3.63, 3.8) is 0 Å². The van der Waals surface area contributed by atoms with Gasteiger partial charge in [0.25, 0.3) is 0 Å². The molecule has 2 aromatic carbocycles. The van der Waals surface area contributed by atoms with E-state index in [1.54, 1.807) is 14.2 Å². The second-order valence-electron chi connectivity index (χ2n) is 8.99. The normalized spacial score (nSPS) is 17.9. The van der Waals surface area contributed by atoms with E-state index in [-0.39, 0.29) is 24.0 Å². The molecule has 2 heterocycles. The molecule has 188 valence electrons. The van der Waals surface area contributed by atoms with Crippen LogP contribution in [0.15, 0.2) is 42.5 Å². The van der Waals surface area contributed by atoms with E-state index in [0.29, 0.717) is 45.4 Å². The molecule has 0 saturated carbocycles. The van der Waals surface area contributed by atoms with Gasteiger partial charge in [-0.05, 0) is 61.6 Å². The van der Waals surface area contributed by atoms with Crippen molar-refractivity contribution in [2.45, 2.75) is 38.7 Å². The van der Waals surface area contributed by atoms with Crippen LogP contribution in [-0.2, 0) is 11.2 Å². The number of hydrogen-bond acceptors (Lipinski definition) is 5. The third-order valence-corrected chi connectivity index (χ3v) is 6.84. The maximum absolute atomic E-state index is 13.4. The van der Waals surface area contributed by atoms with Crippen LogP contribution in [0.5, 0.6) is 17.2 Å². The Bertz CT molecular complexity index is 1040. The Balaban J connectivity index is 1.29. The van der Waals surface area contributed by atoms with Gasteiger partial charge in [0.1, 0.15) is 23.4 Å². The van der Waals surface area contributed by atoms with Crippen LogP contribution in [0.2, 0.25) is 0 Å². The predicted octanol–water partition coefficient (Wildman–Crippen LogP) is 3.87. The van der Waals surface area contributed by atoms with Crippen LogP contribution in [-0.4, -0.2) is 63.3 Å². The van der Waals surface area contributed by atoms with Crippen molar-refractivity contribution in [1.29, 1.82) is 0 Å². The first-order chi connectivity index (χ1) is 17.0. The summed E-state index contributed by atoms with van der Waals surface area (Å²) in [5.41, 5.74) is 1.80. The second kappa shape index (κ2) is 11.3. The first-order valence-corrected chi connectivity index (χ1v) is 12.3. The summed E-state index contributed by atoms with van der Waals surface area (Å²) >= 11 is 0. The number of nitrogens with one attached hydrogen (secondary N) is 1. The molecule has 1 fully saturated rings. The van der Waals surface area contributed by atoms with E-state index in [9.17, 15) is 9.59 Å². The number of anilines is 1. The Morgan fingerprint density at radius 1 is 1.09 bits per heavy atom. The molecule has 1 saturated heterocycles. The van der Waals surface area contributed by atoms with Gasteiger partial charge >= 0.3 is 6.03 Å². The highest BCUT2D eigenvalue weighted by Gasteiger charge is 2.34. The third-order valence-electron chi connectivity index (χ3n) is 6.84. The lowest BCUT2D eigenvalue weighted by molar-refractivity contribution is -0.126. The van der Waals surface area contributed by atoms with E-state index in [1.807, 2.05) is 52.3 Å². The van der Waals surface area contributed by atoms with E-state index in [2.05, 4.69) is 12.2 Å². The molecule has 8 nitrogen and oxygen atoms in total. The zero-order valence-electron chi connectivity index (χ0n) is 20.8. The molecule has 2 aliphatic heterocycles. The van der Waals surface area contributed by atoms with Crippen LogP contribution in [0.4, 0.5) is 10.5 Å². The van der Waals surface area contributed by atoms with Gasteiger partial charge in [-0.2, -0.15) is 0 Å². The fraction of sp³-hybridized carbons (Fsp3) is 0.481. The lowest BCUT2D eigenvalue weighted by Gasteiger charge is -2.39. The summed E-state index contributed by atoms with van der Waals surface area (Å²) < 4.78 is 16.7. The summed E-state index contributed by atoms with van der Waals surface area (Å²) in [6.07, 6.45) is 2.79. The standard InChI is InChI=1S/C27H35N3O5/c1-4-21-18-30(23-7-5-6-8-25(23)35-21)27(32)29-15-12-19(13-16-29)26(31)28-14-11-20-17-22(33-2)9-10-24(20)34-3/h5-10,17,19,21H,4,11-16,18H2,1-3H3,(H,28,31)/t21-/m1/s1. The molecule has 1 atom stereocenters. The minimum atomic E-state index is -0.0911. The van der Waals surface area contributed by atoms with E-state index in [0.717, 1.165) is 34.9 Å². The molecule has 0 aliphatic carbocycles. The number of likely N-dealkylation sites (tertiary alicyclic amines) is 1. The molecule has 0 spiro atoms. The number of carbonyl (C=O) groups excluding carboxylic acids is 2. The molecule has 3 amide bonds. The van der Waals surface area contributed by atoms with Crippen molar-refractivity contribution in [3.05, 3.63) is 48.0 Å². The highest BCUT2D eigenvalue weighted by molar-refractivity contribution is 5.94. The summed E-state index contributed by atoms with van der Waals surface area (Å²) in [5.74, 6) is 2.24. The minimum absolute atomic E-state index is 0.0109. The van der Waals surface area contributed by atoms with E-state index in [1.165, 1.54) is 0 Å². The summed E-state index contributed by atoms with van der Waals surface area (Å²) in [5, 5.41) is 3.06. The van der Waals surface area contributed by atoms with Gasteiger partial charge in [0.05, 0.1) is 26.5 Å². The Morgan fingerprint density at radius 3 is 2.57 bits per heavy atom. The first kappa shape index (κ1) is 24.7. The van der Waals surface area contributed by atoms with Crippen LogP contribution < -0.4 is 24.4 Å². The average Bonchev–Trinajstić information content (AvgIpc) is 2.91. The summed E-state index contributed by atoms with van der Waals surface area (Å²) in [4.78, 5) is 29.9. The number of carbonyl (C=O) groups is 2. The van der Waals surface area contributed by atoms with Gasteiger partial charge in [0, 0.05) is 25.6 Å². The van der Waals surface area contributed by atoms with Crippen molar-refractivity contribution in [1.82, 2.24) is 10.2 Å². The van der Waals surface area contributed by atoms with Crippen molar-refractivity contribution in [2.24, 2.45) is 5.92 Å². The number of benzene rings is 2. The van der Waals surface area contributed by atoms with Crippen LogP contribution in [0.1, 0.15) is 31.7 Å². The van der Waals surface area contributed by atoms with Crippen LogP contribution in [0.25, 0.3) is 0 Å². The number of ether oxygens (including phenoxy) is 3. The van der Waals surface area contributed by atoms with Gasteiger partial charge < -0.3 is 24.4 Å². The molecule has 0 radical (unpaired) electrons. The quantitative estimate of drug-likeness (QED) is 0.649. The van der Waals surface area contributed by atoms with Gasteiger partial charge in [-0.25, -0.2) is 4.79 Å². The lowest BCUT2D eigenvalue weighted by atomic mass is 9.96. The Morgan fingerprint density at radius 2 is 1.86 bits per heavy atom. The molecule has 0 aromatic heterocycles. The van der Waals surface area contributed by atoms with E-state index < -0.39 is 0 Å². The fourth-order valence-electron chi connectivity index (χ4n) is 4.74. The molecule has 2 aromatic rings. The van der Waals surface area contributed by atoms with Gasteiger partial charge in [0.15, 0.2) is 0 Å². The maximum Gasteiger partial charge on any atom is 0.324 e. The molecule has 0 bridgehead atoms. The topological polar surface area (TPSA) is 80.3 Å². The van der Waals surface area contributed by atoms with Crippen LogP contribution in [0, 0.1) is 5.92 Å². The van der Waals surface area contributed by atoms with Crippen molar-refractivity contribution >= 4 is 17.6 Å². The average molecular weight is 482 g/mol. The Hall–Kier alpha value is -3.42. The third kappa shape index (κ3) is 5.63. The zero-order valence-corrected chi connectivity index (χ0v) is 20.8. The SMILES string of the molecule is CC[C@@H]1CN(C(=O)N2CCC(C(=O)NCCc3cc(OC)ccc3OC)CC2)c2ccccc2O1. The smallest absolute Gasteiger partial charge is 0.324 e. The molecular formula is C27H35N3O5. The number of urea groups is 1. The van der Waals surface area contributed by atoms with E-state index >= 15 is 0 Å². The number of amides is 3. The van der Waals surface area contributed by atoms with Crippen molar-refractivity contribution in [3.8, 4) is 17.2 Å². The molecule has 1 N–H and O–H groups in total. The summed E-state index contributed by atoms with van der Waals surface area (Å²) in [7, 11) is 3.27. The largest absolute Gasteiger partial charge is 0.497 e. The van der Waals surface area contributed by atoms with E-state index in [4.69, 9.17) is 14.2 Å². The second-order valence-corrected chi connectivity index (χ2v) is 8.99. The molecular weight excluding hydrogens is 446 g/mol. The zero-order chi connectivity index (χ0) is 24.8. The number of hydrogen-bond donors (Lipinski definition) is 1. The Labute approximate surface area is 207 Å². The van der Waals surface area contributed by atoms with Crippen molar-refractivity contribution < 1.29 is 23.8 Å². The number of methoxy groups -OCH3 is 2. The Kier molecular flexibility index (Phi) is 8.00. The summed E-state index contributed by atoms with van der Waals surface area (Å²) in [6.45, 7) is 4.26. The van der Waals surface area contributed by atoms with Gasteiger partial charge in [0.2, 0.25) is 5.91 Å². The monoisotopic (exact) mass is 481 g/mol. The highest BCUT2D eigenvalue weighted by Crippen LogP contribution is 2.35. The number of rotatable bonds is 7. The first-order valence-electron chi connectivity index (χ1n) is 12.3. The highest BCUT2D eigenvalue weighted by atomic mass is 16.5. The minimum Gasteiger partial charge on any atom is -0.497 e. The van der Waals surface area contributed by atoms with Crippen molar-refractivity contribution in [2.75, 3.05) is 45.3 Å². The number of nitrogens with zero attached hydrogens (tertiary/aromatic N) is 2. The van der Waals surface area contributed by atoms with Gasteiger partial charge in [-0.1, -0.05) is 19.1 Å². The van der Waals surface area contributed by atoms with Crippen LogP contribution >= 0.6 is 0 Å².